The van der Waals surface area contributed by atoms with Crippen LogP contribution >= 0.6 is 7.14 Å². The highest BCUT2D eigenvalue weighted by Gasteiger charge is 2.47. The van der Waals surface area contributed by atoms with Crippen LogP contribution in [-0.2, 0) is 19.7 Å². The Labute approximate surface area is 176 Å². The molecule has 0 amide bonds. The van der Waals surface area contributed by atoms with E-state index >= 15 is 0 Å². The van der Waals surface area contributed by atoms with Gasteiger partial charge in [0, 0.05) is 10.6 Å². The van der Waals surface area contributed by atoms with E-state index in [1.54, 1.807) is 79.7 Å². The van der Waals surface area contributed by atoms with Gasteiger partial charge in [0.25, 0.3) is 0 Å². The van der Waals surface area contributed by atoms with Crippen LogP contribution in [0.25, 0.3) is 0 Å². The minimum Gasteiger partial charge on any atom is -0.497 e. The zero-order valence-electron chi connectivity index (χ0n) is 17.0. The van der Waals surface area contributed by atoms with Gasteiger partial charge in [-0.1, -0.05) is 72.8 Å². The Morgan fingerprint density at radius 3 is 1.83 bits per heavy atom. The van der Waals surface area contributed by atoms with Crippen LogP contribution in [0.1, 0.15) is 12.5 Å². The van der Waals surface area contributed by atoms with E-state index in [1.807, 2.05) is 12.1 Å². The molecule has 0 saturated heterocycles. The first kappa shape index (κ1) is 21.8. The molecule has 30 heavy (non-hydrogen) atoms. The van der Waals surface area contributed by atoms with Crippen molar-refractivity contribution in [3.05, 3.63) is 90.5 Å². The molecule has 0 aliphatic rings. The van der Waals surface area contributed by atoms with Gasteiger partial charge in [0.1, 0.15) is 12.9 Å². The van der Waals surface area contributed by atoms with E-state index in [0.29, 0.717) is 21.9 Å². The summed E-state index contributed by atoms with van der Waals surface area (Å²) < 4.78 is 24.8. The Bertz CT molecular complexity index is 975. The Morgan fingerprint density at radius 1 is 0.900 bits per heavy atom. The van der Waals surface area contributed by atoms with Gasteiger partial charge in [0.15, 0.2) is 5.60 Å². The molecule has 0 saturated carbocycles. The summed E-state index contributed by atoms with van der Waals surface area (Å²) in [5.74, 6) is -0.249. The highest BCUT2D eigenvalue weighted by atomic mass is 31.2. The van der Waals surface area contributed by atoms with Crippen molar-refractivity contribution in [2.24, 2.45) is 0 Å². The molecule has 0 spiro atoms. The normalized spacial score (nSPS) is 13.3. The quantitative estimate of drug-likeness (QED) is 0.443. The topological polar surface area (TPSA) is 72.8 Å². The van der Waals surface area contributed by atoms with Crippen molar-refractivity contribution in [2.75, 3.05) is 19.9 Å². The zero-order chi connectivity index (χ0) is 21.6. The highest BCUT2D eigenvalue weighted by molar-refractivity contribution is 7.78. The third kappa shape index (κ3) is 4.33. The maximum atomic E-state index is 14.4. The maximum Gasteiger partial charge on any atom is 0.343 e. The third-order valence-electron chi connectivity index (χ3n) is 4.98. The van der Waals surface area contributed by atoms with Crippen molar-refractivity contribution in [2.45, 2.75) is 12.5 Å². The zero-order valence-corrected chi connectivity index (χ0v) is 17.9. The van der Waals surface area contributed by atoms with Crippen molar-refractivity contribution in [3.63, 3.8) is 0 Å². The minimum absolute atomic E-state index is 0.0955. The van der Waals surface area contributed by atoms with E-state index in [4.69, 9.17) is 9.47 Å². The Hall–Kier alpha value is -2.88. The first-order valence-corrected chi connectivity index (χ1v) is 11.6. The van der Waals surface area contributed by atoms with Crippen molar-refractivity contribution in [1.82, 2.24) is 0 Å². The third-order valence-corrected chi connectivity index (χ3v) is 8.15. The molecule has 0 aliphatic heterocycles. The van der Waals surface area contributed by atoms with Gasteiger partial charge >= 0.3 is 5.97 Å². The lowest BCUT2D eigenvalue weighted by Crippen LogP contribution is -2.43. The molecular weight excluding hydrogens is 399 g/mol. The summed E-state index contributed by atoms with van der Waals surface area (Å²) in [6.45, 7) is 1.76. The van der Waals surface area contributed by atoms with Gasteiger partial charge in [0.05, 0.1) is 19.9 Å². The fourth-order valence-electron chi connectivity index (χ4n) is 3.38. The Balaban J connectivity index is 2.16. The van der Waals surface area contributed by atoms with Crippen LogP contribution in [0.3, 0.4) is 0 Å². The second-order valence-electron chi connectivity index (χ2n) is 6.88. The molecule has 3 rings (SSSR count). The first-order valence-electron chi connectivity index (χ1n) is 9.68. The lowest BCUT2D eigenvalue weighted by atomic mass is 9.96. The van der Waals surface area contributed by atoms with Gasteiger partial charge in [-0.3, -0.25) is 0 Å². The van der Waals surface area contributed by atoms with E-state index in [-0.39, 0.29) is 12.8 Å². The maximum absolute atomic E-state index is 14.4. The molecule has 5 nitrogen and oxygen atoms in total. The Kier molecular flexibility index (Phi) is 6.76. The van der Waals surface area contributed by atoms with Crippen molar-refractivity contribution in [1.29, 1.82) is 0 Å². The molecule has 6 heteroatoms. The molecule has 1 atom stereocenters. The van der Waals surface area contributed by atoms with Gasteiger partial charge in [-0.05, 0) is 24.6 Å². The number of aliphatic hydroxyl groups is 1. The fraction of sp³-hybridized carbons (Fsp3) is 0.208. The second kappa shape index (κ2) is 9.29. The van der Waals surface area contributed by atoms with E-state index in [1.165, 1.54) is 7.11 Å². The number of hydrogen-bond donors (Lipinski definition) is 1. The number of carbonyl (C=O) groups is 1. The summed E-state index contributed by atoms with van der Waals surface area (Å²) in [6.07, 6.45) is -0.320. The minimum atomic E-state index is -3.39. The second-order valence-corrected chi connectivity index (χ2v) is 9.71. The summed E-state index contributed by atoms with van der Waals surface area (Å²) in [4.78, 5) is 12.9. The van der Waals surface area contributed by atoms with Gasteiger partial charge in [0.2, 0.25) is 0 Å². The van der Waals surface area contributed by atoms with Crippen molar-refractivity contribution < 1.29 is 23.9 Å². The molecule has 1 unspecified atom stereocenters. The van der Waals surface area contributed by atoms with E-state index in [0.717, 1.165) is 0 Å². The number of hydrogen-bond acceptors (Lipinski definition) is 5. The average Bonchev–Trinajstić information content (AvgIpc) is 2.80. The van der Waals surface area contributed by atoms with Gasteiger partial charge in [-0.15, -0.1) is 0 Å². The lowest BCUT2D eigenvalue weighted by Gasteiger charge is -2.31. The van der Waals surface area contributed by atoms with Crippen LogP contribution in [0.4, 0.5) is 0 Å². The predicted octanol–water partition coefficient (Wildman–Crippen LogP) is 3.46. The molecule has 156 valence electrons. The monoisotopic (exact) mass is 424 g/mol. The molecule has 0 aromatic heterocycles. The predicted molar refractivity (Wildman–Crippen MR) is 118 cm³/mol. The van der Waals surface area contributed by atoms with Gasteiger partial charge in [-0.25, -0.2) is 4.79 Å². The number of ether oxygens (including phenoxy) is 2. The molecule has 1 N–H and O–H groups in total. The van der Waals surface area contributed by atoms with Crippen LogP contribution in [-0.4, -0.2) is 31.0 Å². The molecule has 0 heterocycles. The molecule has 0 fully saturated rings. The van der Waals surface area contributed by atoms with Crippen LogP contribution in [0.5, 0.6) is 5.75 Å². The van der Waals surface area contributed by atoms with Gasteiger partial charge in [-0.2, -0.15) is 0 Å². The first-order chi connectivity index (χ1) is 14.4. The SMILES string of the molecule is CCOC(=O)C(O)(CP(=O)(c1ccccc1)c1ccccc1)c1ccc(OC)cc1. The van der Waals surface area contributed by atoms with E-state index in [9.17, 15) is 14.5 Å². The van der Waals surface area contributed by atoms with Crippen molar-refractivity contribution >= 4 is 23.7 Å². The standard InChI is InChI=1S/C24H25O5P/c1-3-29-23(25)24(26,19-14-16-20(28-2)17-15-19)18-30(27,21-10-6-4-7-11-21)22-12-8-5-9-13-22/h4-17,26H,3,18H2,1-2H3. The van der Waals surface area contributed by atoms with Crippen LogP contribution in [0.15, 0.2) is 84.9 Å². The smallest absolute Gasteiger partial charge is 0.343 e. The largest absolute Gasteiger partial charge is 0.497 e. The number of methoxy groups -OCH3 is 1. The summed E-state index contributed by atoms with van der Waals surface area (Å²) in [5.41, 5.74) is -1.79. The highest BCUT2D eigenvalue weighted by Crippen LogP contribution is 2.49. The number of esters is 1. The lowest BCUT2D eigenvalue weighted by molar-refractivity contribution is -0.163. The van der Waals surface area contributed by atoms with Crippen LogP contribution in [0.2, 0.25) is 0 Å². The number of rotatable bonds is 8. The van der Waals surface area contributed by atoms with Crippen LogP contribution < -0.4 is 15.3 Å². The fourth-order valence-corrected chi connectivity index (χ4v) is 6.31. The summed E-state index contributed by atoms with van der Waals surface area (Å²) in [7, 11) is -1.86. The molecule has 3 aromatic carbocycles. The summed E-state index contributed by atoms with van der Waals surface area (Å²) in [5, 5.41) is 12.7. The Morgan fingerprint density at radius 2 is 1.40 bits per heavy atom. The van der Waals surface area contributed by atoms with Crippen LogP contribution in [0, 0.1) is 0 Å². The number of carbonyl (C=O) groups excluding carboxylic acids is 1. The summed E-state index contributed by atoms with van der Waals surface area (Å²) in [6, 6.07) is 24.4. The average molecular weight is 424 g/mol. The molecule has 0 aliphatic carbocycles. The van der Waals surface area contributed by atoms with Gasteiger partial charge < -0.3 is 19.1 Å². The van der Waals surface area contributed by atoms with Crippen molar-refractivity contribution in [3.8, 4) is 5.75 Å². The molecule has 0 bridgehead atoms. The molecular formula is C24H25O5P. The molecule has 0 radical (unpaired) electrons. The molecule has 3 aromatic rings. The number of benzene rings is 3. The summed E-state index contributed by atoms with van der Waals surface area (Å²) >= 11 is 0. The van der Waals surface area contributed by atoms with E-state index < -0.39 is 18.7 Å². The van der Waals surface area contributed by atoms with E-state index in [2.05, 4.69) is 0 Å².